The third kappa shape index (κ3) is 5.00. The summed E-state index contributed by atoms with van der Waals surface area (Å²) < 4.78 is 40.3. The Balaban J connectivity index is 1.42. The van der Waals surface area contributed by atoms with Crippen LogP contribution in [0.15, 0.2) is 24.5 Å². The topological polar surface area (TPSA) is 88.0 Å². The summed E-state index contributed by atoms with van der Waals surface area (Å²) in [7, 11) is 1.48. The Morgan fingerprint density at radius 1 is 1.12 bits per heavy atom. The van der Waals surface area contributed by atoms with Crippen molar-refractivity contribution >= 4 is 17.3 Å². The third-order valence-electron chi connectivity index (χ3n) is 6.84. The monoisotopic (exact) mass is 476 g/mol. The van der Waals surface area contributed by atoms with Gasteiger partial charge in [-0.1, -0.05) is 13.8 Å². The van der Waals surface area contributed by atoms with E-state index in [1.807, 2.05) is 23.6 Å². The maximum atomic E-state index is 14.9. The minimum Gasteiger partial charge on any atom is -0.481 e. The van der Waals surface area contributed by atoms with E-state index in [1.165, 1.54) is 13.2 Å². The number of carboxylic acids is 1. The van der Waals surface area contributed by atoms with Crippen LogP contribution in [0.3, 0.4) is 0 Å². The fraction of sp³-hybridized carbons (Fsp3) is 0.542. The molecular weight excluding hydrogens is 446 g/mol. The minimum atomic E-state index is -0.873. The van der Waals surface area contributed by atoms with Crippen LogP contribution in [0.1, 0.15) is 33.1 Å². The Labute approximate surface area is 197 Å². The van der Waals surface area contributed by atoms with Crippen LogP contribution in [0.2, 0.25) is 0 Å². The number of carbonyl (C=O) groups is 1. The summed E-state index contributed by atoms with van der Waals surface area (Å²) >= 11 is 0. The van der Waals surface area contributed by atoms with Crippen molar-refractivity contribution in [1.29, 1.82) is 0 Å². The number of halogens is 2. The number of carboxylic acid groups (broad SMARTS) is 1. The van der Waals surface area contributed by atoms with Crippen LogP contribution >= 0.6 is 0 Å². The van der Waals surface area contributed by atoms with E-state index in [1.54, 1.807) is 12.3 Å². The molecule has 0 aromatic carbocycles. The predicted octanol–water partition coefficient (Wildman–Crippen LogP) is 3.75. The summed E-state index contributed by atoms with van der Waals surface area (Å²) in [6, 6.07) is 2.75. The van der Waals surface area contributed by atoms with Crippen molar-refractivity contribution in [2.75, 3.05) is 36.5 Å². The number of hydrogen-bond donors (Lipinski definition) is 1. The number of hydrogen-bond acceptors (Lipinski definition) is 7. The number of piperidine rings is 1. The first-order valence-corrected chi connectivity index (χ1v) is 11.5. The molecule has 10 heteroatoms. The average Bonchev–Trinajstić information content (AvgIpc) is 3.16. The predicted molar refractivity (Wildman–Crippen MR) is 123 cm³/mol. The molecule has 2 aliphatic heterocycles. The van der Waals surface area contributed by atoms with Crippen LogP contribution in [-0.4, -0.2) is 59.9 Å². The third-order valence-corrected chi connectivity index (χ3v) is 6.84. The Bertz CT molecular complexity index is 1040. The number of pyridine rings is 2. The summed E-state index contributed by atoms with van der Waals surface area (Å²) in [4.78, 5) is 23.2. The van der Waals surface area contributed by atoms with E-state index in [4.69, 9.17) is 9.47 Å². The lowest BCUT2D eigenvalue weighted by atomic mass is 9.96. The van der Waals surface area contributed by atoms with Crippen LogP contribution in [0.25, 0.3) is 0 Å². The van der Waals surface area contributed by atoms with Gasteiger partial charge in [-0.25, -0.2) is 18.7 Å². The quantitative estimate of drug-likeness (QED) is 0.647. The first kappa shape index (κ1) is 24.0. The smallest absolute Gasteiger partial charge is 0.305 e. The van der Waals surface area contributed by atoms with Crippen molar-refractivity contribution in [3.63, 3.8) is 0 Å². The Hall–Kier alpha value is -3.17. The van der Waals surface area contributed by atoms with Gasteiger partial charge in [0.15, 0.2) is 11.6 Å². The van der Waals surface area contributed by atoms with Crippen molar-refractivity contribution < 1.29 is 28.2 Å². The van der Waals surface area contributed by atoms with Gasteiger partial charge in [-0.05, 0) is 12.3 Å². The maximum Gasteiger partial charge on any atom is 0.305 e. The molecule has 8 nitrogen and oxygen atoms in total. The van der Waals surface area contributed by atoms with Gasteiger partial charge in [0.2, 0.25) is 5.88 Å². The average molecular weight is 477 g/mol. The molecule has 2 unspecified atom stereocenters. The molecule has 2 saturated heterocycles. The van der Waals surface area contributed by atoms with Gasteiger partial charge >= 0.3 is 5.97 Å². The molecule has 0 saturated carbocycles. The van der Waals surface area contributed by atoms with E-state index in [2.05, 4.69) is 9.97 Å². The highest BCUT2D eigenvalue weighted by Gasteiger charge is 2.34. The highest BCUT2D eigenvalue weighted by Crippen LogP contribution is 2.34. The van der Waals surface area contributed by atoms with Crippen molar-refractivity contribution in [2.24, 2.45) is 11.8 Å². The van der Waals surface area contributed by atoms with Crippen LogP contribution in [0.4, 0.5) is 20.2 Å². The molecule has 0 bridgehead atoms. The maximum absolute atomic E-state index is 14.9. The number of aliphatic carboxylic acids is 1. The molecule has 0 radical (unpaired) electrons. The second kappa shape index (κ2) is 9.99. The van der Waals surface area contributed by atoms with E-state index in [-0.39, 0.29) is 36.3 Å². The summed E-state index contributed by atoms with van der Waals surface area (Å²) in [5, 5.41) is 9.23. The molecular formula is C24H30F2N4O4. The zero-order chi connectivity index (χ0) is 24.4. The number of nitrogens with zero attached hydrogens (tertiary/aromatic N) is 4. The van der Waals surface area contributed by atoms with Crippen molar-refractivity contribution in [3.8, 4) is 11.8 Å². The van der Waals surface area contributed by atoms with Gasteiger partial charge in [-0.15, -0.1) is 0 Å². The zero-order valence-corrected chi connectivity index (χ0v) is 19.6. The van der Waals surface area contributed by atoms with Gasteiger partial charge in [0, 0.05) is 50.1 Å². The molecule has 2 fully saturated rings. The summed E-state index contributed by atoms with van der Waals surface area (Å²) in [6.07, 6.45) is 3.83. The molecule has 0 aliphatic carbocycles. The van der Waals surface area contributed by atoms with Gasteiger partial charge in [0.25, 0.3) is 5.88 Å². The number of anilines is 2. The lowest BCUT2D eigenvalue weighted by Gasteiger charge is -2.38. The normalized spacial score (nSPS) is 24.9. The molecule has 0 spiro atoms. The second-order valence-corrected chi connectivity index (χ2v) is 9.15. The van der Waals surface area contributed by atoms with Gasteiger partial charge in [0.1, 0.15) is 6.10 Å². The molecule has 2 aromatic heterocycles. The van der Waals surface area contributed by atoms with Gasteiger partial charge in [-0.2, -0.15) is 0 Å². The second-order valence-electron chi connectivity index (χ2n) is 9.15. The first-order valence-electron chi connectivity index (χ1n) is 11.5. The molecule has 2 aromatic rings. The highest BCUT2D eigenvalue weighted by molar-refractivity contribution is 5.69. The van der Waals surface area contributed by atoms with Crippen molar-refractivity contribution in [3.05, 3.63) is 36.2 Å². The lowest BCUT2D eigenvalue weighted by Crippen LogP contribution is -2.45. The van der Waals surface area contributed by atoms with Gasteiger partial charge in [-0.3, -0.25) is 4.79 Å². The standard InChI is InChI=1S/C24H30F2N4O4/c1-14-4-7-30(19(14)10-23(31)32)16-8-17(25)24(28-11-16)34-21-5-6-29(13-15(21)2)20-9-22(33-3)27-12-18(20)26/h8-9,11-12,14-15,19,21H,4-7,10,13H2,1-3H3,(H,31,32)/t14-,15?,19+,21?/m1/s1. The van der Waals surface area contributed by atoms with Crippen molar-refractivity contribution in [2.45, 2.75) is 45.3 Å². The number of methoxy groups -OCH3 is 1. The molecule has 4 atom stereocenters. The van der Waals surface area contributed by atoms with Gasteiger partial charge in [0.05, 0.1) is 37.3 Å². The number of rotatable bonds is 7. The zero-order valence-electron chi connectivity index (χ0n) is 19.6. The molecule has 0 amide bonds. The fourth-order valence-electron chi connectivity index (χ4n) is 4.90. The van der Waals surface area contributed by atoms with E-state index in [9.17, 15) is 18.7 Å². The van der Waals surface area contributed by atoms with Crippen LogP contribution in [-0.2, 0) is 4.79 Å². The molecule has 34 heavy (non-hydrogen) atoms. The molecule has 4 rings (SSSR count). The van der Waals surface area contributed by atoms with E-state index >= 15 is 0 Å². The Kier molecular flexibility index (Phi) is 7.04. The molecule has 1 N–H and O–H groups in total. The largest absolute Gasteiger partial charge is 0.481 e. The van der Waals surface area contributed by atoms with E-state index < -0.39 is 17.6 Å². The SMILES string of the molecule is COc1cc(N2CCC(Oc3ncc(N4CC[C@@H](C)[C@@H]4CC(=O)O)cc3F)C(C)C2)c(F)cn1. The number of ether oxygens (including phenoxy) is 2. The lowest BCUT2D eigenvalue weighted by molar-refractivity contribution is -0.137. The first-order chi connectivity index (χ1) is 16.3. The van der Waals surface area contributed by atoms with E-state index in [0.717, 1.165) is 12.6 Å². The summed E-state index contributed by atoms with van der Waals surface area (Å²) in [5.41, 5.74) is 0.979. The molecule has 2 aliphatic rings. The minimum absolute atomic E-state index is 0.00106. The summed E-state index contributed by atoms with van der Waals surface area (Å²) in [6.45, 7) is 5.70. The molecule has 184 valence electrons. The Morgan fingerprint density at radius 2 is 1.91 bits per heavy atom. The van der Waals surface area contributed by atoms with Crippen LogP contribution in [0, 0.1) is 23.5 Å². The highest BCUT2D eigenvalue weighted by atomic mass is 19.1. The van der Waals surface area contributed by atoms with Crippen molar-refractivity contribution in [1.82, 2.24) is 9.97 Å². The Morgan fingerprint density at radius 3 is 2.59 bits per heavy atom. The van der Waals surface area contributed by atoms with Gasteiger partial charge < -0.3 is 24.4 Å². The van der Waals surface area contributed by atoms with Crippen LogP contribution in [0.5, 0.6) is 11.8 Å². The summed E-state index contributed by atoms with van der Waals surface area (Å²) in [5.74, 6) is -1.42. The number of aromatic nitrogens is 2. The van der Waals surface area contributed by atoms with Crippen LogP contribution < -0.4 is 19.3 Å². The fourth-order valence-corrected chi connectivity index (χ4v) is 4.90. The van der Waals surface area contributed by atoms with E-state index in [0.29, 0.717) is 43.3 Å². The molecule has 4 heterocycles.